The Balaban J connectivity index is 1.40. The predicted molar refractivity (Wildman–Crippen MR) is 94.1 cm³/mol. The van der Waals surface area contributed by atoms with Gasteiger partial charge in [-0.1, -0.05) is 42.1 Å². The fraction of sp³-hybridized carbons (Fsp3) is 0.375. The van der Waals surface area contributed by atoms with Crippen molar-refractivity contribution in [1.82, 2.24) is 36.0 Å². The van der Waals surface area contributed by atoms with E-state index in [1.54, 1.807) is 35.9 Å². The number of carbonyl (C=O) groups excluding carboxylic acids is 3. The molecule has 0 unspecified atom stereocenters. The molecule has 1 aliphatic carbocycles. The number of aromatic nitrogens is 4. The molecule has 1 saturated carbocycles. The van der Waals surface area contributed by atoms with Crippen LogP contribution in [-0.2, 0) is 15.1 Å². The highest BCUT2D eigenvalue weighted by molar-refractivity contribution is 7.99. The van der Waals surface area contributed by atoms with Crippen LogP contribution in [0.4, 0.5) is 4.79 Å². The van der Waals surface area contributed by atoms with E-state index in [2.05, 4.69) is 26.3 Å². The number of nitrogens with one attached hydrogen (secondary N) is 2. The van der Waals surface area contributed by atoms with Gasteiger partial charge in [-0.2, -0.15) is 5.01 Å². The predicted octanol–water partition coefficient (Wildman–Crippen LogP) is 0.598. The van der Waals surface area contributed by atoms with E-state index in [9.17, 15) is 14.4 Å². The van der Waals surface area contributed by atoms with E-state index in [4.69, 9.17) is 0 Å². The van der Waals surface area contributed by atoms with Crippen LogP contribution in [0.25, 0.3) is 0 Å². The Kier molecular flexibility index (Phi) is 4.30. The number of nitrogens with zero attached hydrogens (tertiary/aromatic N) is 5. The summed E-state index contributed by atoms with van der Waals surface area (Å²) in [6.07, 6.45) is 2.04. The summed E-state index contributed by atoms with van der Waals surface area (Å²) >= 11 is 1.16. The standard InChI is InChI=1S/C16H17N7O3S/c1-16(10-5-3-2-4-6-10)13(25)23(14(26)17-16)19-12(24)9-27-15-18-20-21-22(15)11-7-8-11/h2-6,11H,7-9H2,1H3,(H,17,26)(H,19,24)/t16-/m1/s1. The number of hydrazine groups is 1. The summed E-state index contributed by atoms with van der Waals surface area (Å²) in [6, 6.07) is 8.49. The lowest BCUT2D eigenvalue weighted by Gasteiger charge is -2.22. The van der Waals surface area contributed by atoms with Crippen molar-refractivity contribution in [2.75, 3.05) is 5.75 Å². The van der Waals surface area contributed by atoms with E-state index in [-0.39, 0.29) is 5.75 Å². The van der Waals surface area contributed by atoms with Crippen molar-refractivity contribution < 1.29 is 14.4 Å². The van der Waals surface area contributed by atoms with Crippen molar-refractivity contribution in [1.29, 1.82) is 0 Å². The van der Waals surface area contributed by atoms with E-state index in [0.717, 1.165) is 29.6 Å². The molecule has 2 aliphatic rings. The molecule has 0 bridgehead atoms. The molecule has 1 aromatic carbocycles. The third kappa shape index (κ3) is 3.25. The van der Waals surface area contributed by atoms with Gasteiger partial charge >= 0.3 is 6.03 Å². The smallest absolute Gasteiger partial charge is 0.318 e. The topological polar surface area (TPSA) is 122 Å². The summed E-state index contributed by atoms with van der Waals surface area (Å²) in [6.45, 7) is 1.60. The Morgan fingerprint density at radius 1 is 1.33 bits per heavy atom. The molecule has 1 saturated heterocycles. The van der Waals surface area contributed by atoms with E-state index in [1.807, 2.05) is 6.07 Å². The van der Waals surface area contributed by atoms with E-state index in [1.165, 1.54) is 0 Å². The number of rotatable bonds is 6. The molecule has 0 spiro atoms. The third-order valence-corrected chi connectivity index (χ3v) is 5.40. The molecule has 10 nitrogen and oxygen atoms in total. The lowest BCUT2D eigenvalue weighted by molar-refractivity contribution is -0.138. The number of hydrogen-bond donors (Lipinski definition) is 2. The number of urea groups is 1. The fourth-order valence-electron chi connectivity index (χ4n) is 2.82. The van der Waals surface area contributed by atoms with E-state index >= 15 is 0 Å². The number of hydrogen-bond acceptors (Lipinski definition) is 7. The summed E-state index contributed by atoms with van der Waals surface area (Å²) < 4.78 is 1.69. The normalized spacial score (nSPS) is 22.0. The molecule has 2 fully saturated rings. The van der Waals surface area contributed by atoms with Gasteiger partial charge in [-0.25, -0.2) is 9.48 Å². The minimum Gasteiger partial charge on any atom is -0.318 e. The quantitative estimate of drug-likeness (QED) is 0.550. The van der Waals surface area contributed by atoms with Crippen molar-refractivity contribution >= 4 is 29.6 Å². The van der Waals surface area contributed by atoms with Gasteiger partial charge in [-0.15, -0.1) is 5.10 Å². The van der Waals surface area contributed by atoms with E-state index in [0.29, 0.717) is 16.8 Å². The van der Waals surface area contributed by atoms with Crippen LogP contribution in [0.3, 0.4) is 0 Å². The molecule has 1 aliphatic heterocycles. The van der Waals surface area contributed by atoms with Gasteiger partial charge in [0.1, 0.15) is 5.54 Å². The zero-order valence-corrected chi connectivity index (χ0v) is 15.3. The maximum atomic E-state index is 12.7. The van der Waals surface area contributed by atoms with Crippen LogP contribution in [0, 0.1) is 0 Å². The van der Waals surface area contributed by atoms with E-state index < -0.39 is 23.4 Å². The van der Waals surface area contributed by atoms with Crippen molar-refractivity contribution in [3.8, 4) is 0 Å². The molecule has 27 heavy (non-hydrogen) atoms. The van der Waals surface area contributed by atoms with Gasteiger partial charge in [0.2, 0.25) is 11.1 Å². The van der Waals surface area contributed by atoms with Crippen LogP contribution in [0.1, 0.15) is 31.4 Å². The summed E-state index contributed by atoms with van der Waals surface area (Å²) in [7, 11) is 0. The monoisotopic (exact) mass is 387 g/mol. The highest BCUT2D eigenvalue weighted by Crippen LogP contribution is 2.36. The first-order valence-electron chi connectivity index (χ1n) is 8.41. The van der Waals surface area contributed by atoms with Crippen molar-refractivity contribution in [3.63, 3.8) is 0 Å². The van der Waals surface area contributed by atoms with Crippen LogP contribution in [-0.4, -0.2) is 48.8 Å². The summed E-state index contributed by atoms with van der Waals surface area (Å²) in [5.74, 6) is -1.06. The Labute approximate surface area is 158 Å². The van der Waals surface area contributed by atoms with Gasteiger partial charge in [0.25, 0.3) is 5.91 Å². The lowest BCUT2D eigenvalue weighted by Crippen LogP contribution is -2.48. The molecular weight excluding hydrogens is 370 g/mol. The molecule has 11 heteroatoms. The van der Waals surface area contributed by atoms with Crippen LogP contribution in [0.5, 0.6) is 0 Å². The van der Waals surface area contributed by atoms with Gasteiger partial charge < -0.3 is 5.32 Å². The van der Waals surface area contributed by atoms with Gasteiger partial charge in [-0.05, 0) is 35.8 Å². The Morgan fingerprint density at radius 2 is 2.07 bits per heavy atom. The number of amides is 4. The van der Waals surface area contributed by atoms with Crippen molar-refractivity contribution in [3.05, 3.63) is 35.9 Å². The molecule has 4 amide bonds. The Morgan fingerprint density at radius 3 is 2.78 bits per heavy atom. The Hall–Kier alpha value is -2.95. The summed E-state index contributed by atoms with van der Waals surface area (Å²) in [5.41, 5.74) is 1.77. The molecule has 2 heterocycles. The summed E-state index contributed by atoms with van der Waals surface area (Å²) in [5, 5.41) is 15.3. The van der Waals surface area contributed by atoms with Gasteiger partial charge in [0.05, 0.1) is 11.8 Å². The largest absolute Gasteiger partial charge is 0.344 e. The maximum absolute atomic E-state index is 12.7. The molecule has 1 aromatic heterocycles. The zero-order valence-electron chi connectivity index (χ0n) is 14.5. The number of thioether (sulfide) groups is 1. The fourth-order valence-corrected chi connectivity index (χ4v) is 3.56. The van der Waals surface area contributed by atoms with Crippen molar-refractivity contribution in [2.45, 2.75) is 36.5 Å². The number of benzene rings is 1. The number of carbonyl (C=O) groups is 3. The zero-order chi connectivity index (χ0) is 19.0. The molecule has 2 N–H and O–H groups in total. The highest BCUT2D eigenvalue weighted by atomic mass is 32.2. The number of tetrazole rings is 1. The lowest BCUT2D eigenvalue weighted by atomic mass is 9.92. The Bertz CT molecular complexity index is 898. The first kappa shape index (κ1) is 17.5. The molecule has 0 radical (unpaired) electrons. The van der Waals surface area contributed by atoms with Crippen LogP contribution >= 0.6 is 11.8 Å². The first-order chi connectivity index (χ1) is 13.0. The highest BCUT2D eigenvalue weighted by Gasteiger charge is 2.49. The minimum absolute atomic E-state index is 0.0216. The van der Waals surface area contributed by atoms with Gasteiger partial charge in [0.15, 0.2) is 0 Å². The third-order valence-electron chi connectivity index (χ3n) is 4.47. The molecule has 2 aromatic rings. The second-order valence-electron chi connectivity index (χ2n) is 6.52. The average Bonchev–Trinajstić information content (AvgIpc) is 3.37. The van der Waals surface area contributed by atoms with Crippen LogP contribution in [0.2, 0.25) is 0 Å². The van der Waals surface area contributed by atoms with Gasteiger partial charge in [-0.3, -0.25) is 15.0 Å². The van der Waals surface area contributed by atoms with Crippen LogP contribution in [0.15, 0.2) is 35.5 Å². The van der Waals surface area contributed by atoms with Crippen LogP contribution < -0.4 is 10.7 Å². The summed E-state index contributed by atoms with van der Waals surface area (Å²) in [4.78, 5) is 37.2. The minimum atomic E-state index is -1.23. The average molecular weight is 387 g/mol. The molecule has 1 atom stereocenters. The molecule has 4 rings (SSSR count). The molecular formula is C16H17N7O3S. The second kappa shape index (κ2) is 6.65. The SMILES string of the molecule is C[C@]1(c2ccccc2)NC(=O)N(NC(=O)CSc2nnnn2C2CC2)C1=O. The van der Waals surface area contributed by atoms with Crippen molar-refractivity contribution in [2.24, 2.45) is 0 Å². The number of imide groups is 1. The first-order valence-corrected chi connectivity index (χ1v) is 9.40. The maximum Gasteiger partial charge on any atom is 0.344 e. The van der Waals surface area contributed by atoms with Gasteiger partial charge in [0, 0.05) is 0 Å². The molecule has 140 valence electrons. The second-order valence-corrected chi connectivity index (χ2v) is 7.47.